The van der Waals surface area contributed by atoms with Crippen LogP contribution in [0.25, 0.3) is 0 Å². The second-order valence-corrected chi connectivity index (χ2v) is 3.64. The molecular formula is C12H12N4O2. The molecule has 0 saturated carbocycles. The van der Waals surface area contributed by atoms with Crippen molar-refractivity contribution >= 4 is 5.91 Å². The van der Waals surface area contributed by atoms with Gasteiger partial charge in [0.2, 0.25) is 5.91 Å². The molecule has 1 aromatic heterocycles. The first-order valence-electron chi connectivity index (χ1n) is 5.19. The van der Waals surface area contributed by atoms with E-state index >= 15 is 0 Å². The fraction of sp³-hybridized carbons (Fsp3) is 0.333. The molecule has 0 atom stereocenters. The second kappa shape index (κ2) is 5.65. The third kappa shape index (κ3) is 2.74. The molecule has 1 rings (SSSR count). The summed E-state index contributed by atoms with van der Waals surface area (Å²) in [4.78, 5) is 23.3. The van der Waals surface area contributed by atoms with Crippen molar-refractivity contribution in [2.75, 3.05) is 6.54 Å². The number of nitrogens with one attached hydrogen (secondary N) is 1. The monoisotopic (exact) mass is 244 g/mol. The maximum atomic E-state index is 11.8. The summed E-state index contributed by atoms with van der Waals surface area (Å²) in [5.41, 5.74) is 0.502. The lowest BCUT2D eigenvalue weighted by Crippen LogP contribution is -2.35. The number of rotatable bonds is 3. The summed E-state index contributed by atoms with van der Waals surface area (Å²) in [7, 11) is 0. The Morgan fingerprint density at radius 2 is 2.22 bits per heavy atom. The van der Waals surface area contributed by atoms with E-state index in [-0.39, 0.29) is 18.7 Å². The van der Waals surface area contributed by atoms with Crippen molar-refractivity contribution in [2.24, 2.45) is 0 Å². The van der Waals surface area contributed by atoms with E-state index < -0.39 is 11.5 Å². The van der Waals surface area contributed by atoms with Gasteiger partial charge in [0, 0.05) is 0 Å². The first kappa shape index (κ1) is 13.5. The van der Waals surface area contributed by atoms with Gasteiger partial charge in [-0.1, -0.05) is 5.92 Å². The fourth-order valence-electron chi connectivity index (χ4n) is 1.35. The average molecular weight is 244 g/mol. The molecule has 1 aromatic rings. The number of aryl methyl sites for hydroxylation is 1. The smallest absolute Gasteiger partial charge is 0.285 e. The van der Waals surface area contributed by atoms with Crippen molar-refractivity contribution in [1.82, 2.24) is 15.1 Å². The van der Waals surface area contributed by atoms with E-state index in [0.717, 1.165) is 4.68 Å². The van der Waals surface area contributed by atoms with Gasteiger partial charge >= 0.3 is 0 Å². The number of terminal acetylenes is 1. The minimum absolute atomic E-state index is 0.00671. The highest BCUT2D eigenvalue weighted by molar-refractivity contribution is 5.75. The third-order valence-corrected chi connectivity index (χ3v) is 2.43. The van der Waals surface area contributed by atoms with E-state index in [2.05, 4.69) is 16.3 Å². The van der Waals surface area contributed by atoms with Crippen molar-refractivity contribution < 1.29 is 4.79 Å². The first-order valence-corrected chi connectivity index (χ1v) is 5.19. The molecule has 0 bridgehead atoms. The number of aromatic nitrogens is 2. The van der Waals surface area contributed by atoms with Crippen molar-refractivity contribution in [3.8, 4) is 18.4 Å². The van der Waals surface area contributed by atoms with Gasteiger partial charge in [-0.15, -0.1) is 6.42 Å². The fourth-order valence-corrected chi connectivity index (χ4v) is 1.35. The Morgan fingerprint density at radius 1 is 1.56 bits per heavy atom. The van der Waals surface area contributed by atoms with Crippen LogP contribution in [0.2, 0.25) is 0 Å². The van der Waals surface area contributed by atoms with E-state index in [1.165, 1.54) is 0 Å². The van der Waals surface area contributed by atoms with Gasteiger partial charge < -0.3 is 5.32 Å². The second-order valence-electron chi connectivity index (χ2n) is 3.64. The van der Waals surface area contributed by atoms with Crippen molar-refractivity contribution in [3.05, 3.63) is 27.2 Å². The summed E-state index contributed by atoms with van der Waals surface area (Å²) in [6.07, 6.45) is 5.00. The molecule has 0 aliphatic carbocycles. The number of hydrogen-bond donors (Lipinski definition) is 1. The van der Waals surface area contributed by atoms with E-state index in [0.29, 0.717) is 11.3 Å². The van der Waals surface area contributed by atoms with Crippen LogP contribution in [-0.4, -0.2) is 22.2 Å². The maximum Gasteiger partial charge on any atom is 0.285 e. The zero-order valence-corrected chi connectivity index (χ0v) is 10.1. The molecule has 1 N–H and O–H groups in total. The molecular weight excluding hydrogens is 232 g/mol. The molecule has 0 aliphatic heterocycles. The molecule has 0 aromatic carbocycles. The molecule has 6 nitrogen and oxygen atoms in total. The quantitative estimate of drug-likeness (QED) is 0.725. The van der Waals surface area contributed by atoms with Crippen molar-refractivity contribution in [3.63, 3.8) is 0 Å². The molecule has 92 valence electrons. The van der Waals surface area contributed by atoms with E-state index in [1.54, 1.807) is 13.8 Å². The zero-order valence-electron chi connectivity index (χ0n) is 10.1. The lowest BCUT2D eigenvalue weighted by molar-refractivity contribution is -0.121. The number of amides is 1. The highest BCUT2D eigenvalue weighted by Crippen LogP contribution is 2.04. The van der Waals surface area contributed by atoms with Crippen LogP contribution >= 0.6 is 0 Å². The Labute approximate surface area is 104 Å². The van der Waals surface area contributed by atoms with E-state index in [1.807, 2.05) is 6.07 Å². The van der Waals surface area contributed by atoms with Crippen molar-refractivity contribution in [2.45, 2.75) is 20.4 Å². The predicted molar refractivity (Wildman–Crippen MR) is 64.5 cm³/mol. The zero-order chi connectivity index (χ0) is 13.7. The summed E-state index contributed by atoms with van der Waals surface area (Å²) in [5.74, 6) is 1.83. The normalized spacial score (nSPS) is 9.33. The Kier molecular flexibility index (Phi) is 4.22. The minimum atomic E-state index is -0.573. The number of carbonyl (C=O) groups is 1. The lowest BCUT2D eigenvalue weighted by Gasteiger charge is -2.08. The Bertz CT molecular complexity index is 617. The topological polar surface area (TPSA) is 87.8 Å². The first-order chi connectivity index (χ1) is 8.51. The highest BCUT2D eigenvalue weighted by atomic mass is 16.2. The van der Waals surface area contributed by atoms with Gasteiger partial charge in [0.05, 0.1) is 12.2 Å². The SMILES string of the molecule is C#CCNC(=O)Cn1nc(C)c(C)c(C#N)c1=O. The van der Waals surface area contributed by atoms with Gasteiger partial charge in [0.1, 0.15) is 18.2 Å². The van der Waals surface area contributed by atoms with Gasteiger partial charge in [-0.25, -0.2) is 4.68 Å². The number of nitrogens with zero attached hydrogens (tertiary/aromatic N) is 3. The predicted octanol–water partition coefficient (Wildman–Crippen LogP) is -0.519. The Morgan fingerprint density at radius 3 is 2.78 bits per heavy atom. The average Bonchev–Trinajstić information content (AvgIpc) is 2.34. The number of carbonyl (C=O) groups excluding carboxylic acids is 1. The molecule has 0 radical (unpaired) electrons. The Hall–Kier alpha value is -2.60. The summed E-state index contributed by atoms with van der Waals surface area (Å²) in [5, 5.41) is 15.3. The van der Waals surface area contributed by atoms with Crippen LogP contribution in [0.5, 0.6) is 0 Å². The molecule has 18 heavy (non-hydrogen) atoms. The van der Waals surface area contributed by atoms with Crippen LogP contribution in [0.1, 0.15) is 16.8 Å². The molecule has 0 unspecified atom stereocenters. The van der Waals surface area contributed by atoms with E-state index in [4.69, 9.17) is 11.7 Å². The third-order valence-electron chi connectivity index (χ3n) is 2.43. The minimum Gasteiger partial charge on any atom is -0.344 e. The molecule has 0 saturated heterocycles. The van der Waals surface area contributed by atoms with Crippen LogP contribution in [0, 0.1) is 37.5 Å². The summed E-state index contributed by atoms with van der Waals surface area (Å²) < 4.78 is 0.965. The van der Waals surface area contributed by atoms with Gasteiger partial charge in [-0.3, -0.25) is 9.59 Å². The number of nitriles is 1. The molecule has 1 heterocycles. The molecule has 0 fully saturated rings. The standard InChI is InChI=1S/C12H12N4O2/c1-4-5-14-11(17)7-16-12(18)10(6-13)8(2)9(3)15-16/h1H,5,7H2,2-3H3,(H,14,17). The van der Waals surface area contributed by atoms with Crippen molar-refractivity contribution in [1.29, 1.82) is 5.26 Å². The summed E-state index contributed by atoms with van der Waals surface area (Å²) in [6.45, 7) is 3.15. The maximum absolute atomic E-state index is 11.8. The molecule has 1 amide bonds. The Balaban J connectivity index is 3.10. The van der Waals surface area contributed by atoms with Gasteiger partial charge in [-0.2, -0.15) is 10.4 Å². The summed E-state index contributed by atoms with van der Waals surface area (Å²) >= 11 is 0. The van der Waals surface area contributed by atoms with Crippen LogP contribution in [-0.2, 0) is 11.3 Å². The van der Waals surface area contributed by atoms with E-state index in [9.17, 15) is 9.59 Å². The van der Waals surface area contributed by atoms with Gasteiger partial charge in [0.15, 0.2) is 0 Å². The van der Waals surface area contributed by atoms with Crippen LogP contribution < -0.4 is 10.9 Å². The van der Waals surface area contributed by atoms with Crippen LogP contribution in [0.4, 0.5) is 0 Å². The van der Waals surface area contributed by atoms with Gasteiger partial charge in [-0.05, 0) is 19.4 Å². The number of hydrogen-bond acceptors (Lipinski definition) is 4. The lowest BCUT2D eigenvalue weighted by atomic mass is 10.1. The van der Waals surface area contributed by atoms with Crippen LogP contribution in [0.15, 0.2) is 4.79 Å². The summed E-state index contributed by atoms with van der Waals surface area (Å²) in [6, 6.07) is 1.82. The van der Waals surface area contributed by atoms with Crippen LogP contribution in [0.3, 0.4) is 0 Å². The molecule has 6 heteroatoms. The van der Waals surface area contributed by atoms with Gasteiger partial charge in [0.25, 0.3) is 5.56 Å². The molecule has 0 spiro atoms. The molecule has 0 aliphatic rings. The highest BCUT2D eigenvalue weighted by Gasteiger charge is 2.13. The largest absolute Gasteiger partial charge is 0.344 e.